The van der Waals surface area contributed by atoms with Gasteiger partial charge in [0.05, 0.1) is 5.92 Å². The maximum Gasteiger partial charge on any atom is 0.231 e. The van der Waals surface area contributed by atoms with Crippen molar-refractivity contribution < 1.29 is 4.52 Å². The molecule has 2 aliphatic rings. The van der Waals surface area contributed by atoms with Crippen LogP contribution >= 0.6 is 0 Å². The molecule has 1 aromatic rings. The summed E-state index contributed by atoms with van der Waals surface area (Å²) in [5, 5.41) is 4.20. The highest BCUT2D eigenvalue weighted by Crippen LogP contribution is 2.39. The Bertz CT molecular complexity index is 407. The third-order valence-electron chi connectivity index (χ3n) is 4.73. The molecule has 1 aromatic heterocycles. The largest absolute Gasteiger partial charge is 0.339 e. The zero-order chi connectivity index (χ0) is 12.6. The van der Waals surface area contributed by atoms with Gasteiger partial charge in [-0.2, -0.15) is 4.98 Å². The Kier molecular flexibility index (Phi) is 3.14. The summed E-state index contributed by atoms with van der Waals surface area (Å²) in [5.41, 5.74) is 6.21. The summed E-state index contributed by atoms with van der Waals surface area (Å²) in [4.78, 5) is 4.65. The monoisotopic (exact) mass is 249 g/mol. The van der Waals surface area contributed by atoms with Gasteiger partial charge in [-0.25, -0.2) is 0 Å². The number of hydrogen-bond donors (Lipinski definition) is 1. The van der Waals surface area contributed by atoms with Gasteiger partial charge in [-0.1, -0.05) is 30.8 Å². The van der Waals surface area contributed by atoms with Crippen LogP contribution in [0.2, 0.25) is 0 Å². The molecule has 0 spiro atoms. The van der Waals surface area contributed by atoms with E-state index in [4.69, 9.17) is 10.3 Å². The Balaban J connectivity index is 1.79. The molecule has 0 bridgehead atoms. The van der Waals surface area contributed by atoms with Gasteiger partial charge < -0.3 is 10.3 Å². The van der Waals surface area contributed by atoms with Gasteiger partial charge in [-0.3, -0.25) is 0 Å². The Hall–Kier alpha value is -0.900. The average Bonchev–Trinajstić information content (AvgIpc) is 2.99. The minimum atomic E-state index is -0.183. The molecule has 2 saturated carbocycles. The fraction of sp³-hybridized carbons (Fsp3) is 0.857. The summed E-state index contributed by atoms with van der Waals surface area (Å²) >= 11 is 0. The summed E-state index contributed by atoms with van der Waals surface area (Å²) in [5.74, 6) is 2.47. The van der Waals surface area contributed by atoms with Gasteiger partial charge in [0, 0.05) is 11.5 Å². The fourth-order valence-electron chi connectivity index (χ4n) is 3.50. The van der Waals surface area contributed by atoms with Crippen molar-refractivity contribution in [2.24, 2.45) is 5.73 Å². The highest BCUT2D eigenvalue weighted by molar-refractivity contribution is 5.08. The van der Waals surface area contributed by atoms with Crippen LogP contribution in [0.15, 0.2) is 4.52 Å². The van der Waals surface area contributed by atoms with Crippen LogP contribution in [0, 0.1) is 0 Å². The quantitative estimate of drug-likeness (QED) is 0.874. The van der Waals surface area contributed by atoms with Gasteiger partial charge in [0.2, 0.25) is 5.89 Å². The second-order valence-corrected chi connectivity index (χ2v) is 6.28. The fourth-order valence-corrected chi connectivity index (χ4v) is 3.50. The highest BCUT2D eigenvalue weighted by atomic mass is 16.5. The van der Waals surface area contributed by atoms with E-state index in [1.807, 2.05) is 0 Å². The van der Waals surface area contributed by atoms with Gasteiger partial charge in [0.25, 0.3) is 0 Å². The first-order valence-corrected chi connectivity index (χ1v) is 7.29. The van der Waals surface area contributed by atoms with Crippen LogP contribution in [0.3, 0.4) is 0 Å². The lowest BCUT2D eigenvalue weighted by molar-refractivity contribution is 0.222. The van der Waals surface area contributed by atoms with Crippen molar-refractivity contribution in [2.75, 3.05) is 0 Å². The summed E-state index contributed by atoms with van der Waals surface area (Å²) in [7, 11) is 0. The van der Waals surface area contributed by atoms with Gasteiger partial charge in [-0.05, 0) is 32.6 Å². The second-order valence-electron chi connectivity index (χ2n) is 6.28. The zero-order valence-electron chi connectivity index (χ0n) is 11.2. The first kappa shape index (κ1) is 12.2. The molecule has 3 rings (SSSR count). The normalized spacial score (nSPS) is 34.0. The SMILES string of the molecule is CC1(N)CCCCC1c1nc(C2CCCC2)no1. The summed E-state index contributed by atoms with van der Waals surface area (Å²) in [6.45, 7) is 2.12. The molecule has 0 saturated heterocycles. The first-order chi connectivity index (χ1) is 8.67. The summed E-state index contributed by atoms with van der Waals surface area (Å²) in [6.07, 6.45) is 9.59. The lowest BCUT2D eigenvalue weighted by atomic mass is 9.74. The molecule has 2 aliphatic carbocycles. The van der Waals surface area contributed by atoms with Crippen LogP contribution in [0.5, 0.6) is 0 Å². The minimum Gasteiger partial charge on any atom is -0.339 e. The predicted octanol–water partition coefficient (Wildman–Crippen LogP) is 3.10. The maximum atomic E-state index is 6.39. The Morgan fingerprint density at radius 3 is 2.61 bits per heavy atom. The van der Waals surface area contributed by atoms with Crippen molar-refractivity contribution in [1.29, 1.82) is 0 Å². The number of nitrogens with two attached hydrogens (primary N) is 1. The third-order valence-corrected chi connectivity index (χ3v) is 4.73. The molecule has 4 nitrogen and oxygen atoms in total. The predicted molar refractivity (Wildman–Crippen MR) is 69.3 cm³/mol. The molecular weight excluding hydrogens is 226 g/mol. The molecule has 0 amide bonds. The minimum absolute atomic E-state index is 0.183. The van der Waals surface area contributed by atoms with E-state index >= 15 is 0 Å². The lowest BCUT2D eigenvalue weighted by Crippen LogP contribution is -2.44. The summed E-state index contributed by atoms with van der Waals surface area (Å²) < 4.78 is 5.51. The van der Waals surface area contributed by atoms with Gasteiger partial charge in [-0.15, -0.1) is 0 Å². The van der Waals surface area contributed by atoms with Crippen molar-refractivity contribution in [1.82, 2.24) is 10.1 Å². The number of rotatable bonds is 2. The zero-order valence-corrected chi connectivity index (χ0v) is 11.2. The smallest absolute Gasteiger partial charge is 0.231 e. The molecule has 2 unspecified atom stereocenters. The lowest BCUT2D eigenvalue weighted by Gasteiger charge is -2.35. The van der Waals surface area contributed by atoms with E-state index in [-0.39, 0.29) is 11.5 Å². The van der Waals surface area contributed by atoms with E-state index in [1.54, 1.807) is 0 Å². The molecule has 1 heterocycles. The molecule has 18 heavy (non-hydrogen) atoms. The Labute approximate surface area is 108 Å². The Morgan fingerprint density at radius 2 is 1.89 bits per heavy atom. The van der Waals surface area contributed by atoms with E-state index in [9.17, 15) is 0 Å². The third kappa shape index (κ3) is 2.18. The number of aromatic nitrogens is 2. The molecule has 4 heteroatoms. The van der Waals surface area contributed by atoms with Gasteiger partial charge in [0.15, 0.2) is 5.82 Å². The van der Waals surface area contributed by atoms with Crippen LogP contribution in [-0.2, 0) is 0 Å². The van der Waals surface area contributed by atoms with E-state index < -0.39 is 0 Å². The van der Waals surface area contributed by atoms with Crippen LogP contribution < -0.4 is 5.73 Å². The van der Waals surface area contributed by atoms with E-state index in [1.165, 1.54) is 38.5 Å². The maximum absolute atomic E-state index is 6.39. The molecule has 0 aromatic carbocycles. The van der Waals surface area contributed by atoms with Gasteiger partial charge in [0.1, 0.15) is 0 Å². The molecule has 0 aliphatic heterocycles. The van der Waals surface area contributed by atoms with Crippen molar-refractivity contribution in [3.8, 4) is 0 Å². The molecule has 2 atom stereocenters. The standard InChI is InChI=1S/C14H23N3O/c1-14(15)9-5-4-8-11(14)13-16-12(17-18-13)10-6-2-3-7-10/h10-11H,2-9,15H2,1H3. The van der Waals surface area contributed by atoms with Crippen molar-refractivity contribution in [2.45, 2.75) is 75.7 Å². The van der Waals surface area contributed by atoms with Crippen LogP contribution in [0.25, 0.3) is 0 Å². The van der Waals surface area contributed by atoms with E-state index in [0.717, 1.165) is 24.6 Å². The van der Waals surface area contributed by atoms with Crippen molar-refractivity contribution >= 4 is 0 Å². The highest BCUT2D eigenvalue weighted by Gasteiger charge is 2.38. The van der Waals surface area contributed by atoms with E-state index in [0.29, 0.717) is 5.92 Å². The van der Waals surface area contributed by atoms with Crippen molar-refractivity contribution in [3.63, 3.8) is 0 Å². The van der Waals surface area contributed by atoms with Crippen LogP contribution in [0.1, 0.15) is 81.8 Å². The number of nitrogens with zero attached hydrogens (tertiary/aromatic N) is 2. The first-order valence-electron chi connectivity index (χ1n) is 7.29. The summed E-state index contributed by atoms with van der Waals surface area (Å²) in [6, 6.07) is 0. The van der Waals surface area contributed by atoms with Crippen LogP contribution in [-0.4, -0.2) is 15.7 Å². The average molecular weight is 249 g/mol. The number of hydrogen-bond acceptors (Lipinski definition) is 4. The molecule has 100 valence electrons. The molecular formula is C14H23N3O. The molecule has 0 radical (unpaired) electrons. The van der Waals surface area contributed by atoms with Gasteiger partial charge >= 0.3 is 0 Å². The topological polar surface area (TPSA) is 64.9 Å². The van der Waals surface area contributed by atoms with Crippen LogP contribution in [0.4, 0.5) is 0 Å². The Morgan fingerprint density at radius 1 is 1.17 bits per heavy atom. The van der Waals surface area contributed by atoms with Crippen molar-refractivity contribution in [3.05, 3.63) is 11.7 Å². The molecule has 2 N–H and O–H groups in total. The second kappa shape index (κ2) is 4.65. The van der Waals surface area contributed by atoms with E-state index in [2.05, 4.69) is 17.1 Å². The molecule has 2 fully saturated rings.